The second-order valence-corrected chi connectivity index (χ2v) is 4.84. The van der Waals surface area contributed by atoms with Gasteiger partial charge in [0.15, 0.2) is 0 Å². The number of carbonyl (C=O) groups is 2. The van der Waals surface area contributed by atoms with Gasteiger partial charge in [-0.3, -0.25) is 19.9 Å². The second kappa shape index (κ2) is 6.12. The summed E-state index contributed by atoms with van der Waals surface area (Å²) in [5, 5.41) is 2.66. The molecule has 1 aliphatic rings. The zero-order valence-corrected chi connectivity index (χ0v) is 11.2. The van der Waals surface area contributed by atoms with Gasteiger partial charge in [-0.15, -0.1) is 0 Å². The summed E-state index contributed by atoms with van der Waals surface area (Å²) in [6.45, 7) is 3.35. The highest BCUT2D eigenvalue weighted by atomic mass is 16.5. The standard InChI is InChI=1S/C11H22N4O3/c1-11(10(17)13-2)4-5-15(7-11)8(6-18-3)9(16)14-12/h8H,4-7,12H2,1-3H3,(H,13,17)(H,14,16). The lowest BCUT2D eigenvalue weighted by atomic mass is 9.89. The van der Waals surface area contributed by atoms with E-state index in [0.29, 0.717) is 19.5 Å². The van der Waals surface area contributed by atoms with Crippen molar-refractivity contribution in [3.05, 3.63) is 0 Å². The zero-order valence-electron chi connectivity index (χ0n) is 11.2. The lowest BCUT2D eigenvalue weighted by Crippen LogP contribution is -2.51. The molecule has 104 valence electrons. The smallest absolute Gasteiger partial charge is 0.253 e. The van der Waals surface area contributed by atoms with Gasteiger partial charge >= 0.3 is 0 Å². The Hall–Kier alpha value is -1.18. The number of nitrogens with zero attached hydrogens (tertiary/aromatic N) is 1. The van der Waals surface area contributed by atoms with Gasteiger partial charge < -0.3 is 10.1 Å². The maximum absolute atomic E-state index is 11.8. The molecule has 0 saturated carbocycles. The number of rotatable bonds is 5. The van der Waals surface area contributed by atoms with E-state index in [1.165, 1.54) is 7.11 Å². The molecule has 1 rings (SSSR count). The summed E-state index contributed by atoms with van der Waals surface area (Å²) in [5.74, 6) is 4.86. The molecule has 0 radical (unpaired) electrons. The van der Waals surface area contributed by atoms with E-state index in [1.807, 2.05) is 11.8 Å². The topological polar surface area (TPSA) is 96.7 Å². The zero-order chi connectivity index (χ0) is 13.8. The summed E-state index contributed by atoms with van der Waals surface area (Å²) in [6, 6.07) is -0.452. The quantitative estimate of drug-likeness (QED) is 0.315. The summed E-state index contributed by atoms with van der Waals surface area (Å²) < 4.78 is 5.04. The van der Waals surface area contributed by atoms with E-state index >= 15 is 0 Å². The van der Waals surface area contributed by atoms with Crippen LogP contribution in [0, 0.1) is 5.41 Å². The van der Waals surface area contributed by atoms with E-state index in [4.69, 9.17) is 10.6 Å². The first-order valence-corrected chi connectivity index (χ1v) is 5.94. The molecule has 0 aliphatic carbocycles. The third-order valence-corrected chi connectivity index (χ3v) is 3.49. The van der Waals surface area contributed by atoms with Crippen molar-refractivity contribution in [3.63, 3.8) is 0 Å². The summed E-state index contributed by atoms with van der Waals surface area (Å²) in [7, 11) is 3.15. The average molecular weight is 258 g/mol. The van der Waals surface area contributed by atoms with Crippen LogP contribution in [0.2, 0.25) is 0 Å². The van der Waals surface area contributed by atoms with Crippen molar-refractivity contribution in [2.45, 2.75) is 19.4 Å². The fourth-order valence-electron chi connectivity index (χ4n) is 2.35. The van der Waals surface area contributed by atoms with Crippen LogP contribution in [0.1, 0.15) is 13.3 Å². The second-order valence-electron chi connectivity index (χ2n) is 4.84. The van der Waals surface area contributed by atoms with Gasteiger partial charge in [0.1, 0.15) is 6.04 Å². The third kappa shape index (κ3) is 2.98. The normalized spacial score (nSPS) is 25.8. The monoisotopic (exact) mass is 258 g/mol. The van der Waals surface area contributed by atoms with E-state index < -0.39 is 11.5 Å². The van der Waals surface area contributed by atoms with Crippen LogP contribution in [0.25, 0.3) is 0 Å². The first kappa shape index (κ1) is 14.9. The van der Waals surface area contributed by atoms with E-state index in [0.717, 1.165) is 0 Å². The maximum Gasteiger partial charge on any atom is 0.253 e. The molecule has 1 aliphatic heterocycles. The summed E-state index contributed by atoms with van der Waals surface area (Å²) in [6.07, 6.45) is 0.713. The van der Waals surface area contributed by atoms with Crippen molar-refractivity contribution in [2.24, 2.45) is 11.3 Å². The highest BCUT2D eigenvalue weighted by Crippen LogP contribution is 2.31. The summed E-state index contributed by atoms with van der Waals surface area (Å²) >= 11 is 0. The number of hydrazine groups is 1. The van der Waals surface area contributed by atoms with Crippen LogP contribution >= 0.6 is 0 Å². The predicted octanol–water partition coefficient (Wildman–Crippen LogP) is -1.55. The molecule has 0 bridgehead atoms. The maximum atomic E-state index is 11.8. The first-order valence-electron chi connectivity index (χ1n) is 5.94. The van der Waals surface area contributed by atoms with Crippen LogP contribution in [-0.4, -0.2) is 56.6 Å². The van der Waals surface area contributed by atoms with Crippen LogP contribution in [0.15, 0.2) is 0 Å². The Balaban J connectivity index is 2.73. The van der Waals surface area contributed by atoms with Gasteiger partial charge in [-0.1, -0.05) is 0 Å². The highest BCUT2D eigenvalue weighted by molar-refractivity contribution is 5.84. The number of nitrogens with two attached hydrogens (primary N) is 1. The molecule has 2 atom stereocenters. The molecule has 2 amide bonds. The minimum absolute atomic E-state index is 0.00526. The molecule has 0 spiro atoms. The molecule has 7 heteroatoms. The number of likely N-dealkylation sites (tertiary alicyclic amines) is 1. The Morgan fingerprint density at radius 2 is 2.22 bits per heavy atom. The van der Waals surface area contributed by atoms with Gasteiger partial charge in [-0.2, -0.15) is 0 Å². The number of nitrogens with one attached hydrogen (secondary N) is 2. The number of hydrogen-bond acceptors (Lipinski definition) is 5. The molecule has 0 aromatic heterocycles. The lowest BCUT2D eigenvalue weighted by Gasteiger charge is -2.27. The number of amides is 2. The molecular formula is C11H22N4O3. The molecule has 1 fully saturated rings. The molecule has 18 heavy (non-hydrogen) atoms. The molecule has 0 aromatic carbocycles. The van der Waals surface area contributed by atoms with Gasteiger partial charge in [0.2, 0.25) is 5.91 Å². The van der Waals surface area contributed by atoms with E-state index in [-0.39, 0.29) is 18.4 Å². The Morgan fingerprint density at radius 3 is 2.72 bits per heavy atom. The minimum Gasteiger partial charge on any atom is -0.383 e. The summed E-state index contributed by atoms with van der Waals surface area (Å²) in [5.41, 5.74) is 1.67. The van der Waals surface area contributed by atoms with E-state index in [2.05, 4.69) is 10.7 Å². The first-order chi connectivity index (χ1) is 8.48. The van der Waals surface area contributed by atoms with Gasteiger partial charge in [0.25, 0.3) is 5.91 Å². The molecule has 7 nitrogen and oxygen atoms in total. The Kier molecular flexibility index (Phi) is 5.06. The van der Waals surface area contributed by atoms with Crippen molar-refractivity contribution in [1.29, 1.82) is 0 Å². The number of ether oxygens (including phenoxy) is 1. The molecule has 1 saturated heterocycles. The van der Waals surface area contributed by atoms with Gasteiger partial charge in [0.05, 0.1) is 12.0 Å². The minimum atomic E-state index is -0.463. The van der Waals surface area contributed by atoms with Crippen molar-refractivity contribution >= 4 is 11.8 Å². The van der Waals surface area contributed by atoms with Crippen LogP contribution in [0.3, 0.4) is 0 Å². The molecular weight excluding hydrogens is 236 g/mol. The number of carbonyl (C=O) groups excluding carboxylic acids is 2. The van der Waals surface area contributed by atoms with Crippen molar-refractivity contribution < 1.29 is 14.3 Å². The molecule has 2 unspecified atom stereocenters. The van der Waals surface area contributed by atoms with Crippen LogP contribution < -0.4 is 16.6 Å². The number of methoxy groups -OCH3 is 1. The highest BCUT2D eigenvalue weighted by Gasteiger charge is 2.43. The van der Waals surface area contributed by atoms with Gasteiger partial charge in [0, 0.05) is 27.2 Å². The molecule has 0 aromatic rings. The van der Waals surface area contributed by atoms with Crippen molar-refractivity contribution in [3.8, 4) is 0 Å². The van der Waals surface area contributed by atoms with Crippen LogP contribution in [0.4, 0.5) is 0 Å². The fraction of sp³-hybridized carbons (Fsp3) is 0.818. The van der Waals surface area contributed by atoms with Crippen molar-refractivity contribution in [1.82, 2.24) is 15.6 Å². The van der Waals surface area contributed by atoms with E-state index in [1.54, 1.807) is 7.05 Å². The number of hydrogen-bond donors (Lipinski definition) is 3. The third-order valence-electron chi connectivity index (χ3n) is 3.49. The Bertz CT molecular complexity index is 323. The van der Waals surface area contributed by atoms with Crippen LogP contribution in [0.5, 0.6) is 0 Å². The largest absolute Gasteiger partial charge is 0.383 e. The Labute approximate surface area is 107 Å². The lowest BCUT2D eigenvalue weighted by molar-refractivity contribution is -0.131. The van der Waals surface area contributed by atoms with Gasteiger partial charge in [-0.05, 0) is 13.3 Å². The van der Waals surface area contributed by atoms with E-state index in [9.17, 15) is 9.59 Å². The van der Waals surface area contributed by atoms with Gasteiger partial charge in [-0.25, -0.2) is 5.84 Å². The van der Waals surface area contributed by atoms with Crippen molar-refractivity contribution in [2.75, 3.05) is 33.9 Å². The average Bonchev–Trinajstić information content (AvgIpc) is 2.77. The predicted molar refractivity (Wildman–Crippen MR) is 66.4 cm³/mol. The molecule has 1 heterocycles. The van der Waals surface area contributed by atoms with Crippen LogP contribution in [-0.2, 0) is 14.3 Å². The summed E-state index contributed by atoms with van der Waals surface area (Å²) in [4.78, 5) is 25.4. The molecule has 4 N–H and O–H groups in total. The SMILES string of the molecule is CNC(=O)C1(C)CCN(C(COC)C(=O)NN)C1. The fourth-order valence-corrected chi connectivity index (χ4v) is 2.35. The Morgan fingerprint density at radius 1 is 1.56 bits per heavy atom.